The highest BCUT2D eigenvalue weighted by Gasteiger charge is 2.29. The first-order valence-corrected chi connectivity index (χ1v) is 8.36. The average molecular weight is 302 g/mol. The minimum Gasteiger partial charge on any atom is -0.481 e. The summed E-state index contributed by atoms with van der Waals surface area (Å²) in [6, 6.07) is 7.03. The number of aliphatic hydroxyl groups is 1. The van der Waals surface area contributed by atoms with Gasteiger partial charge in [-0.15, -0.1) is 0 Å². The van der Waals surface area contributed by atoms with Crippen LogP contribution in [-0.4, -0.2) is 23.7 Å². The highest BCUT2D eigenvalue weighted by Crippen LogP contribution is 2.50. The molecule has 0 saturated carbocycles. The molecule has 1 N–H and O–H groups in total. The van der Waals surface area contributed by atoms with Crippen molar-refractivity contribution in [3.8, 4) is 5.75 Å². The van der Waals surface area contributed by atoms with Gasteiger partial charge in [-0.25, -0.2) is 0 Å². The zero-order valence-corrected chi connectivity index (χ0v) is 13.3. The van der Waals surface area contributed by atoms with Crippen molar-refractivity contribution in [2.45, 2.75) is 46.5 Å². The molecule has 0 aliphatic heterocycles. The first-order valence-electron chi connectivity index (χ1n) is 6.63. The molecule has 0 aliphatic rings. The van der Waals surface area contributed by atoms with E-state index in [2.05, 4.69) is 0 Å². The second-order valence-corrected chi connectivity index (χ2v) is 6.86. The van der Waals surface area contributed by atoms with Gasteiger partial charge in [-0.1, -0.05) is 18.2 Å². The molecule has 1 aromatic rings. The van der Waals surface area contributed by atoms with Gasteiger partial charge in [0.2, 0.25) is 0 Å². The molecule has 0 spiro atoms. The Morgan fingerprint density at radius 2 is 1.65 bits per heavy atom. The van der Waals surface area contributed by atoms with E-state index in [1.165, 1.54) is 0 Å². The zero-order chi connectivity index (χ0) is 15.2. The molecule has 0 fully saturated rings. The summed E-state index contributed by atoms with van der Waals surface area (Å²) in [6.07, 6.45) is -0.632. The number of para-hydroxylation sites is 1. The molecule has 0 bridgehead atoms. The van der Waals surface area contributed by atoms with Gasteiger partial charge in [-0.3, -0.25) is 4.57 Å². The Morgan fingerprint density at radius 3 is 2.15 bits per heavy atom. The molecule has 0 radical (unpaired) electrons. The molecule has 0 heterocycles. The van der Waals surface area contributed by atoms with E-state index in [9.17, 15) is 9.67 Å². The molecular weight excluding hydrogens is 279 g/mol. The van der Waals surface area contributed by atoms with Crippen molar-refractivity contribution in [1.82, 2.24) is 0 Å². The van der Waals surface area contributed by atoms with E-state index in [1.807, 2.05) is 0 Å². The van der Waals surface area contributed by atoms with Crippen LogP contribution in [0.5, 0.6) is 5.75 Å². The normalized spacial score (nSPS) is 12.2. The fourth-order valence-corrected chi connectivity index (χ4v) is 3.41. The van der Waals surface area contributed by atoms with Crippen molar-refractivity contribution in [3.05, 3.63) is 29.8 Å². The summed E-state index contributed by atoms with van der Waals surface area (Å²) in [5.41, 5.74) is 0.633. The van der Waals surface area contributed by atoms with Crippen LogP contribution in [0.2, 0.25) is 0 Å². The lowest BCUT2D eigenvalue weighted by Crippen LogP contribution is -2.13. The molecule has 114 valence electrons. The van der Waals surface area contributed by atoms with Gasteiger partial charge in [0.15, 0.2) is 6.35 Å². The molecule has 5 nitrogen and oxygen atoms in total. The van der Waals surface area contributed by atoms with Gasteiger partial charge >= 0.3 is 7.60 Å². The minimum atomic E-state index is -3.33. The molecule has 20 heavy (non-hydrogen) atoms. The lowest BCUT2D eigenvalue weighted by Gasteiger charge is -2.23. The highest BCUT2D eigenvalue weighted by atomic mass is 31.2. The number of benzene rings is 1. The van der Waals surface area contributed by atoms with Crippen LogP contribution in [0.4, 0.5) is 0 Å². The van der Waals surface area contributed by atoms with E-state index in [1.54, 1.807) is 52.0 Å². The van der Waals surface area contributed by atoms with Gasteiger partial charge in [0.05, 0.1) is 18.8 Å². The Kier molecular flexibility index (Phi) is 6.69. The quantitative estimate of drug-likeness (QED) is 0.744. The lowest BCUT2D eigenvalue weighted by atomic mass is 10.2. The van der Waals surface area contributed by atoms with Crippen LogP contribution in [-0.2, 0) is 20.2 Å². The molecule has 0 aliphatic carbocycles. The predicted octanol–water partition coefficient (Wildman–Crippen LogP) is 3.56. The molecular formula is C14H23O5P. The molecule has 0 aromatic heterocycles. The summed E-state index contributed by atoms with van der Waals surface area (Å²) in [5.74, 6) is 0.481. The van der Waals surface area contributed by atoms with Crippen LogP contribution >= 0.6 is 7.60 Å². The van der Waals surface area contributed by atoms with Crippen molar-refractivity contribution in [1.29, 1.82) is 0 Å². The van der Waals surface area contributed by atoms with Gasteiger partial charge in [0.25, 0.3) is 0 Å². The summed E-state index contributed by atoms with van der Waals surface area (Å²) < 4.78 is 28.9. The maximum Gasteiger partial charge on any atom is 0.368 e. The monoisotopic (exact) mass is 302 g/mol. The smallest absolute Gasteiger partial charge is 0.368 e. The van der Waals surface area contributed by atoms with Crippen LogP contribution in [0.25, 0.3) is 0 Å². The lowest BCUT2D eigenvalue weighted by molar-refractivity contribution is 0.128. The zero-order valence-electron chi connectivity index (χ0n) is 12.4. The van der Waals surface area contributed by atoms with Crippen molar-refractivity contribution in [3.63, 3.8) is 0 Å². The Bertz CT molecular complexity index is 445. The number of rotatable bonds is 8. The second kappa shape index (κ2) is 7.79. The second-order valence-electron chi connectivity index (χ2n) is 4.96. The average Bonchev–Trinajstić information content (AvgIpc) is 2.34. The van der Waals surface area contributed by atoms with E-state index < -0.39 is 7.60 Å². The SMILES string of the molecule is CC(C)OP(=O)(COc1ccccc1CO)OC(C)C. The van der Waals surface area contributed by atoms with E-state index in [0.717, 1.165) is 0 Å². The highest BCUT2D eigenvalue weighted by molar-refractivity contribution is 7.53. The number of hydrogen-bond acceptors (Lipinski definition) is 5. The predicted molar refractivity (Wildman–Crippen MR) is 77.9 cm³/mol. The Labute approximate surface area is 120 Å². The first-order chi connectivity index (χ1) is 9.36. The maximum atomic E-state index is 12.6. The number of ether oxygens (including phenoxy) is 1. The molecule has 0 unspecified atom stereocenters. The third-order valence-electron chi connectivity index (χ3n) is 2.26. The van der Waals surface area contributed by atoms with Gasteiger partial charge in [-0.2, -0.15) is 0 Å². The summed E-state index contributed by atoms with van der Waals surface area (Å²) in [5, 5.41) is 9.23. The maximum absolute atomic E-state index is 12.6. The van der Waals surface area contributed by atoms with E-state index in [-0.39, 0.29) is 25.2 Å². The van der Waals surface area contributed by atoms with E-state index >= 15 is 0 Å². The summed E-state index contributed by atoms with van der Waals surface area (Å²) in [4.78, 5) is 0. The third kappa shape index (κ3) is 5.63. The van der Waals surface area contributed by atoms with Gasteiger partial charge < -0.3 is 18.9 Å². The fraction of sp³-hybridized carbons (Fsp3) is 0.571. The van der Waals surface area contributed by atoms with Crippen LogP contribution in [0.15, 0.2) is 24.3 Å². The van der Waals surface area contributed by atoms with Crippen molar-refractivity contribution < 1.29 is 23.5 Å². The number of hydrogen-bond donors (Lipinski definition) is 1. The molecule has 0 atom stereocenters. The number of aliphatic hydroxyl groups excluding tert-OH is 1. The van der Waals surface area contributed by atoms with Crippen molar-refractivity contribution in [2.24, 2.45) is 0 Å². The largest absolute Gasteiger partial charge is 0.481 e. The Balaban J connectivity index is 2.78. The summed E-state index contributed by atoms with van der Waals surface area (Å²) in [7, 11) is -3.33. The summed E-state index contributed by atoms with van der Waals surface area (Å²) >= 11 is 0. The first kappa shape index (κ1) is 17.2. The summed E-state index contributed by atoms with van der Waals surface area (Å²) in [6.45, 7) is 7.02. The van der Waals surface area contributed by atoms with Crippen LogP contribution in [0.1, 0.15) is 33.3 Å². The van der Waals surface area contributed by atoms with Gasteiger partial charge in [0.1, 0.15) is 5.75 Å². The molecule has 1 aromatic carbocycles. The van der Waals surface area contributed by atoms with Crippen molar-refractivity contribution in [2.75, 3.05) is 6.35 Å². The van der Waals surface area contributed by atoms with Crippen LogP contribution in [0.3, 0.4) is 0 Å². The van der Waals surface area contributed by atoms with Crippen LogP contribution < -0.4 is 4.74 Å². The minimum absolute atomic E-state index is 0.142. The van der Waals surface area contributed by atoms with Crippen LogP contribution in [0, 0.1) is 0 Å². The Morgan fingerprint density at radius 1 is 1.10 bits per heavy atom. The van der Waals surface area contributed by atoms with E-state index in [0.29, 0.717) is 11.3 Å². The molecule has 0 saturated heterocycles. The third-order valence-corrected chi connectivity index (χ3v) is 4.19. The molecule has 6 heteroatoms. The standard InChI is InChI=1S/C14H23O5P/c1-11(2)18-20(16,19-12(3)4)10-17-14-8-6-5-7-13(14)9-15/h5-8,11-12,15H,9-10H2,1-4H3. The van der Waals surface area contributed by atoms with Gasteiger partial charge in [0, 0.05) is 5.56 Å². The topological polar surface area (TPSA) is 65.0 Å². The van der Waals surface area contributed by atoms with E-state index in [4.69, 9.17) is 13.8 Å². The van der Waals surface area contributed by atoms with Gasteiger partial charge in [-0.05, 0) is 33.8 Å². The Hall–Kier alpha value is -0.870. The molecule has 0 amide bonds. The molecule has 1 rings (SSSR count). The fourth-order valence-electron chi connectivity index (χ4n) is 1.65. The van der Waals surface area contributed by atoms with Crippen molar-refractivity contribution >= 4 is 7.60 Å².